The summed E-state index contributed by atoms with van der Waals surface area (Å²) in [5.41, 5.74) is 5.06. The van der Waals surface area contributed by atoms with Gasteiger partial charge in [0.05, 0.1) is 12.1 Å². The van der Waals surface area contributed by atoms with Crippen molar-refractivity contribution in [3.8, 4) is 11.3 Å². The number of aromatic nitrogens is 2. The molecule has 0 fully saturated rings. The number of anilines is 1. The normalized spacial score (nSPS) is 13.3. The standard InChI is InChI=1S/C21H15N5O/c27-19-13-15-12-14(9-10-17(15)22-19)20-21(25-24-16-6-2-1-3-7-16)26-11-5-4-8-18(26)23-20/h1-12H,13H2,(H,22,27). The van der Waals surface area contributed by atoms with Gasteiger partial charge in [-0.15, -0.1) is 10.2 Å². The van der Waals surface area contributed by atoms with E-state index in [2.05, 4.69) is 15.5 Å². The van der Waals surface area contributed by atoms with Gasteiger partial charge in [-0.1, -0.05) is 30.3 Å². The number of carbonyl (C=O) groups excluding carboxylic acids is 1. The van der Waals surface area contributed by atoms with E-state index in [-0.39, 0.29) is 5.91 Å². The summed E-state index contributed by atoms with van der Waals surface area (Å²) in [5.74, 6) is 0.674. The Kier molecular flexibility index (Phi) is 3.53. The molecule has 0 saturated heterocycles. The van der Waals surface area contributed by atoms with Gasteiger partial charge in [0.1, 0.15) is 11.3 Å². The lowest BCUT2D eigenvalue weighted by molar-refractivity contribution is -0.115. The molecule has 5 rings (SSSR count). The number of nitrogens with zero attached hydrogens (tertiary/aromatic N) is 4. The number of amides is 1. The minimum absolute atomic E-state index is 0.0149. The van der Waals surface area contributed by atoms with Crippen LogP contribution in [0.5, 0.6) is 0 Å². The van der Waals surface area contributed by atoms with Crippen LogP contribution in [0.1, 0.15) is 5.56 Å². The largest absolute Gasteiger partial charge is 0.326 e. The Balaban J connectivity index is 1.65. The Morgan fingerprint density at radius 2 is 1.81 bits per heavy atom. The molecule has 0 radical (unpaired) electrons. The SMILES string of the molecule is O=C1Cc2cc(-c3nc4ccccn4c3N=Nc3ccccc3)ccc2N1. The van der Waals surface area contributed by atoms with E-state index in [1.165, 1.54) is 0 Å². The molecular weight excluding hydrogens is 338 g/mol. The van der Waals surface area contributed by atoms with Crippen LogP contribution in [0.2, 0.25) is 0 Å². The summed E-state index contributed by atoms with van der Waals surface area (Å²) < 4.78 is 1.92. The number of fused-ring (bicyclic) bond motifs is 2. The van der Waals surface area contributed by atoms with E-state index in [1.54, 1.807) is 0 Å². The summed E-state index contributed by atoms with van der Waals surface area (Å²) in [6, 6.07) is 21.3. The quantitative estimate of drug-likeness (QED) is 0.532. The molecule has 1 amide bonds. The fourth-order valence-electron chi connectivity index (χ4n) is 3.25. The molecule has 0 aliphatic carbocycles. The predicted molar refractivity (Wildman–Crippen MR) is 104 cm³/mol. The minimum atomic E-state index is 0.0149. The molecule has 0 unspecified atom stereocenters. The Labute approximate surface area is 155 Å². The Morgan fingerprint density at radius 3 is 2.70 bits per heavy atom. The van der Waals surface area contributed by atoms with Gasteiger partial charge >= 0.3 is 0 Å². The first kappa shape index (κ1) is 15.5. The lowest BCUT2D eigenvalue weighted by atomic mass is 10.1. The number of imidazole rings is 1. The number of pyridine rings is 1. The molecule has 0 bridgehead atoms. The smallest absolute Gasteiger partial charge is 0.228 e. The first-order valence-electron chi connectivity index (χ1n) is 8.65. The van der Waals surface area contributed by atoms with E-state index >= 15 is 0 Å². The monoisotopic (exact) mass is 353 g/mol. The van der Waals surface area contributed by atoms with Gasteiger partial charge in [0.2, 0.25) is 5.91 Å². The van der Waals surface area contributed by atoms with Crippen LogP contribution in [-0.2, 0) is 11.2 Å². The summed E-state index contributed by atoms with van der Waals surface area (Å²) in [5, 5.41) is 11.7. The van der Waals surface area contributed by atoms with Crippen molar-refractivity contribution in [2.24, 2.45) is 10.2 Å². The maximum Gasteiger partial charge on any atom is 0.228 e. The maximum atomic E-state index is 11.7. The number of rotatable bonds is 3. The van der Waals surface area contributed by atoms with Crippen LogP contribution in [0.15, 0.2) is 83.2 Å². The lowest BCUT2D eigenvalue weighted by Crippen LogP contribution is -2.03. The van der Waals surface area contributed by atoms with Crippen molar-refractivity contribution in [1.82, 2.24) is 9.38 Å². The fourth-order valence-corrected chi connectivity index (χ4v) is 3.25. The van der Waals surface area contributed by atoms with Gasteiger partial charge in [-0.25, -0.2) is 4.98 Å². The summed E-state index contributed by atoms with van der Waals surface area (Å²) >= 11 is 0. The number of hydrogen-bond donors (Lipinski definition) is 1. The number of hydrogen-bond acceptors (Lipinski definition) is 4. The van der Waals surface area contributed by atoms with E-state index in [9.17, 15) is 4.79 Å². The number of carbonyl (C=O) groups is 1. The highest BCUT2D eigenvalue weighted by molar-refractivity contribution is 5.99. The molecule has 130 valence electrons. The molecule has 0 atom stereocenters. The van der Waals surface area contributed by atoms with E-state index < -0.39 is 0 Å². The second-order valence-electron chi connectivity index (χ2n) is 6.35. The molecule has 2 aromatic carbocycles. The first-order chi connectivity index (χ1) is 13.3. The van der Waals surface area contributed by atoms with Gasteiger partial charge in [0.15, 0.2) is 5.82 Å². The molecule has 1 N–H and O–H groups in total. The third-order valence-corrected chi connectivity index (χ3v) is 4.52. The molecule has 2 aromatic heterocycles. The summed E-state index contributed by atoms with van der Waals surface area (Å²) in [4.78, 5) is 16.4. The molecule has 1 aliphatic heterocycles. The zero-order valence-corrected chi connectivity index (χ0v) is 14.3. The van der Waals surface area contributed by atoms with Gasteiger partial charge in [0, 0.05) is 17.4 Å². The van der Waals surface area contributed by atoms with E-state index in [4.69, 9.17) is 4.98 Å². The van der Waals surface area contributed by atoms with E-state index in [0.29, 0.717) is 12.2 Å². The Bertz CT molecular complexity index is 1190. The van der Waals surface area contributed by atoms with Crippen molar-refractivity contribution in [3.05, 3.63) is 78.5 Å². The fraction of sp³-hybridized carbons (Fsp3) is 0.0476. The average Bonchev–Trinajstić information content (AvgIpc) is 3.26. The average molecular weight is 353 g/mol. The van der Waals surface area contributed by atoms with Gasteiger partial charge in [-0.3, -0.25) is 9.20 Å². The highest BCUT2D eigenvalue weighted by atomic mass is 16.1. The van der Waals surface area contributed by atoms with Crippen LogP contribution in [-0.4, -0.2) is 15.3 Å². The molecule has 27 heavy (non-hydrogen) atoms. The first-order valence-corrected chi connectivity index (χ1v) is 8.65. The third kappa shape index (κ3) is 2.77. The molecule has 0 saturated carbocycles. The Hall–Kier alpha value is -3.80. The van der Waals surface area contributed by atoms with Crippen molar-refractivity contribution >= 4 is 28.7 Å². The van der Waals surface area contributed by atoms with Crippen LogP contribution in [0.4, 0.5) is 17.2 Å². The van der Waals surface area contributed by atoms with Gasteiger partial charge in [-0.2, -0.15) is 0 Å². The molecule has 0 spiro atoms. The zero-order valence-electron chi connectivity index (χ0n) is 14.3. The lowest BCUT2D eigenvalue weighted by Gasteiger charge is -2.03. The molecular formula is C21H15N5O. The van der Waals surface area contributed by atoms with Crippen molar-refractivity contribution in [2.45, 2.75) is 6.42 Å². The highest BCUT2D eigenvalue weighted by Crippen LogP contribution is 2.35. The Morgan fingerprint density at radius 1 is 0.963 bits per heavy atom. The molecule has 6 heteroatoms. The van der Waals surface area contributed by atoms with Crippen LogP contribution in [0.25, 0.3) is 16.9 Å². The van der Waals surface area contributed by atoms with E-state index in [0.717, 1.165) is 33.8 Å². The third-order valence-electron chi connectivity index (χ3n) is 4.52. The topological polar surface area (TPSA) is 71.1 Å². The molecule has 3 heterocycles. The molecule has 1 aliphatic rings. The summed E-state index contributed by atoms with van der Waals surface area (Å²) in [6.45, 7) is 0. The minimum Gasteiger partial charge on any atom is -0.326 e. The van der Waals surface area contributed by atoms with Gasteiger partial charge < -0.3 is 5.32 Å². The molecule has 4 aromatic rings. The maximum absolute atomic E-state index is 11.7. The number of benzene rings is 2. The van der Waals surface area contributed by atoms with Gasteiger partial charge in [-0.05, 0) is 42.0 Å². The highest BCUT2D eigenvalue weighted by Gasteiger charge is 2.20. The zero-order chi connectivity index (χ0) is 18.2. The number of nitrogens with one attached hydrogen (secondary N) is 1. The number of azo groups is 1. The second-order valence-corrected chi connectivity index (χ2v) is 6.35. The van der Waals surface area contributed by atoms with Crippen LogP contribution in [0, 0.1) is 0 Å². The second kappa shape index (κ2) is 6.17. The van der Waals surface area contributed by atoms with Crippen LogP contribution < -0.4 is 5.32 Å². The van der Waals surface area contributed by atoms with E-state index in [1.807, 2.05) is 77.3 Å². The summed E-state index contributed by atoms with van der Waals surface area (Å²) in [6.07, 6.45) is 2.31. The summed E-state index contributed by atoms with van der Waals surface area (Å²) in [7, 11) is 0. The van der Waals surface area contributed by atoms with Crippen molar-refractivity contribution in [3.63, 3.8) is 0 Å². The van der Waals surface area contributed by atoms with Crippen molar-refractivity contribution in [2.75, 3.05) is 5.32 Å². The van der Waals surface area contributed by atoms with Crippen LogP contribution >= 0.6 is 0 Å². The van der Waals surface area contributed by atoms with Crippen molar-refractivity contribution in [1.29, 1.82) is 0 Å². The van der Waals surface area contributed by atoms with Gasteiger partial charge in [0.25, 0.3) is 0 Å². The van der Waals surface area contributed by atoms with Crippen molar-refractivity contribution < 1.29 is 4.79 Å². The molecule has 6 nitrogen and oxygen atoms in total. The predicted octanol–water partition coefficient (Wildman–Crippen LogP) is 4.91. The van der Waals surface area contributed by atoms with Crippen LogP contribution in [0.3, 0.4) is 0 Å².